The SMILES string of the molecule is CNc1ncc2cc(-c3cc(NC(=O)N4CCCC4)ccc3C)c(C)nc2n1.OC(F)(F)F. The van der Waals surface area contributed by atoms with Crippen LogP contribution < -0.4 is 10.6 Å². The van der Waals surface area contributed by atoms with Gasteiger partial charge in [-0.15, -0.1) is 13.2 Å². The summed E-state index contributed by atoms with van der Waals surface area (Å²) in [5.41, 5.74) is 5.53. The molecule has 0 radical (unpaired) electrons. The summed E-state index contributed by atoms with van der Waals surface area (Å²) >= 11 is 0. The zero-order valence-electron chi connectivity index (χ0n) is 18.5. The maximum Gasteiger partial charge on any atom is 0.519 e. The number of likely N-dealkylation sites (tertiary alicyclic amines) is 1. The average Bonchev–Trinajstić information content (AvgIpc) is 3.28. The molecule has 1 saturated heterocycles. The van der Waals surface area contributed by atoms with Gasteiger partial charge in [0, 0.05) is 48.7 Å². The number of aromatic nitrogens is 3. The fraction of sp³-hybridized carbons (Fsp3) is 0.364. The minimum atomic E-state index is -5.00. The predicted octanol–water partition coefficient (Wildman–Crippen LogP) is 4.48. The summed E-state index contributed by atoms with van der Waals surface area (Å²) in [5.74, 6) is 0.551. The molecule has 1 aliphatic heterocycles. The van der Waals surface area contributed by atoms with Crippen molar-refractivity contribution in [3.05, 3.63) is 41.7 Å². The third kappa shape index (κ3) is 6.51. The molecule has 33 heavy (non-hydrogen) atoms. The van der Waals surface area contributed by atoms with Crippen molar-refractivity contribution in [3.63, 3.8) is 0 Å². The molecule has 11 heteroatoms. The number of benzene rings is 1. The van der Waals surface area contributed by atoms with Crippen molar-refractivity contribution in [2.24, 2.45) is 0 Å². The van der Waals surface area contributed by atoms with E-state index in [4.69, 9.17) is 5.11 Å². The number of aliphatic hydroxyl groups is 1. The maximum atomic E-state index is 12.4. The molecule has 176 valence electrons. The van der Waals surface area contributed by atoms with Crippen molar-refractivity contribution in [2.75, 3.05) is 30.8 Å². The second kappa shape index (κ2) is 9.99. The van der Waals surface area contributed by atoms with Gasteiger partial charge in [0.25, 0.3) is 0 Å². The molecule has 3 aromatic rings. The van der Waals surface area contributed by atoms with Crippen molar-refractivity contribution < 1.29 is 23.1 Å². The molecule has 2 aromatic heterocycles. The number of fused-ring (bicyclic) bond motifs is 1. The van der Waals surface area contributed by atoms with E-state index in [9.17, 15) is 18.0 Å². The standard InChI is InChI=1S/C21H24N6O.CHF3O/c1-13-6-7-16(25-21(28)27-8-4-5-9-27)11-17(13)18-10-15-12-23-20(22-3)26-19(15)24-14(18)2;2-1(3,4)5/h6-7,10-12H,4-5,8-9H2,1-3H3,(H,25,28)(H,22,23,24,26);5H. The lowest BCUT2D eigenvalue weighted by Crippen LogP contribution is -2.32. The number of nitrogens with one attached hydrogen (secondary N) is 2. The fourth-order valence-electron chi connectivity index (χ4n) is 3.56. The summed E-state index contributed by atoms with van der Waals surface area (Å²) in [4.78, 5) is 27.7. The Morgan fingerprint density at radius 3 is 2.39 bits per heavy atom. The van der Waals surface area contributed by atoms with Gasteiger partial charge in [0.1, 0.15) is 0 Å². The van der Waals surface area contributed by atoms with Gasteiger partial charge in [-0.1, -0.05) is 6.07 Å². The van der Waals surface area contributed by atoms with Gasteiger partial charge in [0.15, 0.2) is 5.65 Å². The average molecular weight is 462 g/mol. The topological polar surface area (TPSA) is 103 Å². The second-order valence-corrected chi connectivity index (χ2v) is 7.60. The van der Waals surface area contributed by atoms with Gasteiger partial charge >= 0.3 is 12.4 Å². The van der Waals surface area contributed by atoms with E-state index >= 15 is 0 Å². The molecule has 3 N–H and O–H groups in total. The number of urea groups is 1. The van der Waals surface area contributed by atoms with E-state index in [1.165, 1.54) is 0 Å². The highest BCUT2D eigenvalue weighted by Crippen LogP contribution is 2.31. The van der Waals surface area contributed by atoms with Gasteiger partial charge in [-0.3, -0.25) is 0 Å². The van der Waals surface area contributed by atoms with Crippen molar-refractivity contribution in [1.82, 2.24) is 19.9 Å². The first-order valence-corrected chi connectivity index (χ1v) is 10.3. The van der Waals surface area contributed by atoms with Crippen LogP contribution in [0.1, 0.15) is 24.1 Å². The normalized spacial score (nSPS) is 13.5. The number of carbonyl (C=O) groups excluding carboxylic acids is 1. The molecule has 2 amide bonds. The Morgan fingerprint density at radius 1 is 1.09 bits per heavy atom. The van der Waals surface area contributed by atoms with Crippen LogP contribution in [0.5, 0.6) is 0 Å². The number of rotatable bonds is 3. The number of aryl methyl sites for hydroxylation is 2. The fourth-order valence-corrected chi connectivity index (χ4v) is 3.56. The lowest BCUT2D eigenvalue weighted by molar-refractivity contribution is -0.295. The highest BCUT2D eigenvalue weighted by molar-refractivity contribution is 5.91. The Balaban J connectivity index is 0.000000555. The van der Waals surface area contributed by atoms with Crippen LogP contribution in [-0.2, 0) is 0 Å². The molecular weight excluding hydrogens is 437 g/mol. The minimum absolute atomic E-state index is 0.0337. The first kappa shape index (κ1) is 24.2. The van der Waals surface area contributed by atoms with E-state index in [1.807, 2.05) is 30.0 Å². The lowest BCUT2D eigenvalue weighted by atomic mass is 9.98. The van der Waals surface area contributed by atoms with E-state index in [0.717, 1.165) is 59.4 Å². The molecule has 4 rings (SSSR count). The van der Waals surface area contributed by atoms with Gasteiger partial charge in [-0.25, -0.2) is 14.8 Å². The molecule has 0 atom stereocenters. The first-order valence-electron chi connectivity index (χ1n) is 10.3. The van der Waals surface area contributed by atoms with Crippen LogP contribution in [-0.4, -0.2) is 57.5 Å². The Bertz CT molecular complexity index is 1140. The number of hydrogen-bond acceptors (Lipinski definition) is 6. The van der Waals surface area contributed by atoms with Crippen molar-refractivity contribution in [3.8, 4) is 11.1 Å². The summed E-state index contributed by atoms with van der Waals surface area (Å²) in [6, 6.07) is 8.01. The Morgan fingerprint density at radius 2 is 1.76 bits per heavy atom. The van der Waals surface area contributed by atoms with Crippen LogP contribution >= 0.6 is 0 Å². The predicted molar refractivity (Wildman–Crippen MR) is 120 cm³/mol. The summed E-state index contributed by atoms with van der Waals surface area (Å²) in [5, 5.41) is 13.4. The number of halogens is 3. The largest absolute Gasteiger partial charge is 0.519 e. The lowest BCUT2D eigenvalue weighted by Gasteiger charge is -2.17. The number of amides is 2. The van der Waals surface area contributed by atoms with Crippen LogP contribution in [0.25, 0.3) is 22.2 Å². The van der Waals surface area contributed by atoms with E-state index < -0.39 is 6.36 Å². The summed E-state index contributed by atoms with van der Waals surface area (Å²) in [7, 11) is 1.79. The molecule has 0 aliphatic carbocycles. The third-order valence-electron chi connectivity index (χ3n) is 5.16. The van der Waals surface area contributed by atoms with Crippen molar-refractivity contribution in [2.45, 2.75) is 33.1 Å². The minimum Gasteiger partial charge on any atom is -0.357 e. The highest BCUT2D eigenvalue weighted by Gasteiger charge is 2.20. The molecule has 8 nitrogen and oxygen atoms in total. The molecule has 1 aromatic carbocycles. The summed E-state index contributed by atoms with van der Waals surface area (Å²) < 4.78 is 29.7. The van der Waals surface area contributed by atoms with Crippen LogP contribution in [0, 0.1) is 13.8 Å². The van der Waals surface area contributed by atoms with Gasteiger partial charge in [0.05, 0.1) is 0 Å². The van der Waals surface area contributed by atoms with E-state index in [0.29, 0.717) is 11.6 Å². The maximum absolute atomic E-state index is 12.4. The number of pyridine rings is 1. The van der Waals surface area contributed by atoms with Gasteiger partial charge < -0.3 is 20.6 Å². The second-order valence-electron chi connectivity index (χ2n) is 7.60. The van der Waals surface area contributed by atoms with Crippen LogP contribution in [0.4, 0.5) is 29.6 Å². The zero-order valence-corrected chi connectivity index (χ0v) is 18.5. The van der Waals surface area contributed by atoms with E-state index in [1.54, 1.807) is 13.2 Å². The molecule has 0 saturated carbocycles. The van der Waals surface area contributed by atoms with E-state index in [-0.39, 0.29) is 6.03 Å². The van der Waals surface area contributed by atoms with Crippen molar-refractivity contribution >= 4 is 28.7 Å². The quantitative estimate of drug-likeness (QED) is 0.531. The monoisotopic (exact) mass is 462 g/mol. The first-order chi connectivity index (χ1) is 15.5. The van der Waals surface area contributed by atoms with Gasteiger partial charge in [-0.05, 0) is 56.0 Å². The van der Waals surface area contributed by atoms with Crippen LogP contribution in [0.3, 0.4) is 0 Å². The smallest absolute Gasteiger partial charge is 0.357 e. The number of hydrogen-bond donors (Lipinski definition) is 3. The highest BCUT2D eigenvalue weighted by atomic mass is 19.4. The Kier molecular flexibility index (Phi) is 7.32. The van der Waals surface area contributed by atoms with Gasteiger partial charge in [0.2, 0.25) is 5.95 Å². The summed E-state index contributed by atoms with van der Waals surface area (Å²) in [6.45, 7) is 5.69. The van der Waals surface area contributed by atoms with Gasteiger partial charge in [-0.2, -0.15) is 4.98 Å². The number of nitrogens with zero attached hydrogens (tertiary/aromatic N) is 4. The Hall–Kier alpha value is -3.47. The molecular formula is C22H25F3N6O2. The molecule has 0 spiro atoms. The summed E-state index contributed by atoms with van der Waals surface area (Å²) in [6.07, 6.45) is -1.07. The van der Waals surface area contributed by atoms with Crippen LogP contribution in [0.2, 0.25) is 0 Å². The molecule has 1 fully saturated rings. The number of alkyl halides is 3. The number of carbonyl (C=O) groups is 1. The molecule has 0 unspecified atom stereocenters. The molecule has 0 bridgehead atoms. The van der Waals surface area contributed by atoms with Crippen LogP contribution in [0.15, 0.2) is 30.5 Å². The van der Waals surface area contributed by atoms with E-state index in [2.05, 4.69) is 38.6 Å². The zero-order chi connectivity index (χ0) is 24.2. The molecule has 3 heterocycles. The number of anilines is 2. The third-order valence-corrected chi connectivity index (χ3v) is 5.16. The Labute approximate surface area is 188 Å². The van der Waals surface area contributed by atoms with Crippen molar-refractivity contribution in [1.29, 1.82) is 0 Å². The molecule has 1 aliphatic rings.